The number of carboxylic acid groups (broad SMARTS) is 1. The predicted octanol–water partition coefficient (Wildman–Crippen LogP) is 2.40. The van der Waals surface area contributed by atoms with E-state index in [9.17, 15) is 24.6 Å². The zero-order valence-corrected chi connectivity index (χ0v) is 17.5. The summed E-state index contributed by atoms with van der Waals surface area (Å²) >= 11 is 0. The zero-order valence-electron chi connectivity index (χ0n) is 17.5. The molecule has 8 heteroatoms. The van der Waals surface area contributed by atoms with E-state index in [0.717, 1.165) is 28.7 Å². The minimum atomic E-state index is -1.23. The maximum atomic E-state index is 12.2. The highest BCUT2D eigenvalue weighted by Crippen LogP contribution is 2.44. The van der Waals surface area contributed by atoms with E-state index >= 15 is 0 Å². The van der Waals surface area contributed by atoms with Crippen LogP contribution >= 0.6 is 0 Å². The number of carbonyl (C=O) groups excluding carboxylic acids is 2. The fourth-order valence-corrected chi connectivity index (χ4v) is 4.38. The molecule has 4 N–H and O–H groups in total. The van der Waals surface area contributed by atoms with Crippen molar-refractivity contribution in [2.75, 3.05) is 13.2 Å². The standard InChI is InChI=1S/C24H26N2O6/c27-15(12-21(28)26-24(22(29)30)10-5-11-24)13-25-23(31)32-14-20-18-8-3-1-6-16(18)17-7-2-4-9-19(17)20/h1-4,6-9,15,20,27H,5,10-14H2,(H,25,31)(H,26,28)(H,29,30). The quantitative estimate of drug-likeness (QED) is 0.502. The van der Waals surface area contributed by atoms with Gasteiger partial charge in [-0.2, -0.15) is 0 Å². The largest absolute Gasteiger partial charge is 0.480 e. The summed E-state index contributed by atoms with van der Waals surface area (Å²) in [5.74, 6) is -1.70. The average Bonchev–Trinajstić information content (AvgIpc) is 3.07. The summed E-state index contributed by atoms with van der Waals surface area (Å²) in [4.78, 5) is 35.6. The second kappa shape index (κ2) is 9.00. The summed E-state index contributed by atoms with van der Waals surface area (Å²) in [6.45, 7) is -0.0261. The van der Waals surface area contributed by atoms with Crippen LogP contribution in [0.1, 0.15) is 42.7 Å². The van der Waals surface area contributed by atoms with Gasteiger partial charge in [-0.1, -0.05) is 48.5 Å². The van der Waals surface area contributed by atoms with Crippen molar-refractivity contribution in [2.24, 2.45) is 0 Å². The molecule has 2 aromatic carbocycles. The molecule has 0 aliphatic heterocycles. The predicted molar refractivity (Wildman–Crippen MR) is 116 cm³/mol. The Morgan fingerprint density at radius 1 is 1.03 bits per heavy atom. The van der Waals surface area contributed by atoms with E-state index < -0.39 is 29.6 Å². The van der Waals surface area contributed by atoms with Gasteiger partial charge in [-0.05, 0) is 41.5 Å². The van der Waals surface area contributed by atoms with Crippen molar-refractivity contribution >= 4 is 18.0 Å². The molecule has 2 amide bonds. The minimum Gasteiger partial charge on any atom is -0.480 e. The fraction of sp³-hybridized carbons (Fsp3) is 0.375. The van der Waals surface area contributed by atoms with Crippen LogP contribution in [0.25, 0.3) is 11.1 Å². The first-order valence-corrected chi connectivity index (χ1v) is 10.7. The Morgan fingerprint density at radius 3 is 2.16 bits per heavy atom. The molecule has 1 saturated carbocycles. The number of carboxylic acids is 1. The number of hydrogen-bond acceptors (Lipinski definition) is 5. The van der Waals surface area contributed by atoms with Crippen molar-refractivity contribution in [3.63, 3.8) is 0 Å². The summed E-state index contributed by atoms with van der Waals surface area (Å²) in [6, 6.07) is 16.0. The summed E-state index contributed by atoms with van der Waals surface area (Å²) in [7, 11) is 0. The molecule has 0 heterocycles. The second-order valence-corrected chi connectivity index (χ2v) is 8.35. The van der Waals surface area contributed by atoms with E-state index in [4.69, 9.17) is 4.74 Å². The van der Waals surface area contributed by atoms with Crippen molar-refractivity contribution < 1.29 is 29.3 Å². The molecule has 1 atom stereocenters. The number of hydrogen-bond donors (Lipinski definition) is 4. The number of aliphatic hydroxyl groups is 1. The molecule has 2 aliphatic rings. The molecular formula is C24H26N2O6. The molecule has 0 bridgehead atoms. The molecule has 0 spiro atoms. The van der Waals surface area contributed by atoms with Gasteiger partial charge in [0.15, 0.2) is 0 Å². The van der Waals surface area contributed by atoms with Crippen LogP contribution in [-0.4, -0.2) is 53.0 Å². The third-order valence-corrected chi connectivity index (χ3v) is 6.24. The van der Waals surface area contributed by atoms with Crippen molar-refractivity contribution in [3.8, 4) is 11.1 Å². The van der Waals surface area contributed by atoms with E-state index in [-0.39, 0.29) is 25.5 Å². The molecule has 2 aliphatic carbocycles. The van der Waals surface area contributed by atoms with Crippen LogP contribution in [0.15, 0.2) is 48.5 Å². The van der Waals surface area contributed by atoms with Crippen LogP contribution in [-0.2, 0) is 14.3 Å². The molecule has 4 rings (SSSR count). The zero-order chi connectivity index (χ0) is 22.7. The number of alkyl carbamates (subject to hydrolysis) is 1. The van der Waals surface area contributed by atoms with Gasteiger partial charge in [0.25, 0.3) is 0 Å². The van der Waals surface area contributed by atoms with Crippen LogP contribution < -0.4 is 10.6 Å². The minimum absolute atomic E-state index is 0.0708. The van der Waals surface area contributed by atoms with Gasteiger partial charge < -0.3 is 25.6 Å². The van der Waals surface area contributed by atoms with E-state index in [1.54, 1.807) is 0 Å². The Kier molecular flexibility index (Phi) is 6.14. The maximum Gasteiger partial charge on any atom is 0.407 e. The number of aliphatic hydroxyl groups excluding tert-OH is 1. The summed E-state index contributed by atoms with van der Waals surface area (Å²) in [5.41, 5.74) is 3.23. The molecule has 0 radical (unpaired) electrons. The highest BCUT2D eigenvalue weighted by molar-refractivity contribution is 5.88. The third-order valence-electron chi connectivity index (χ3n) is 6.24. The van der Waals surface area contributed by atoms with E-state index in [2.05, 4.69) is 10.6 Å². The van der Waals surface area contributed by atoms with E-state index in [1.165, 1.54) is 0 Å². The Morgan fingerprint density at radius 2 is 1.62 bits per heavy atom. The summed E-state index contributed by atoms with van der Waals surface area (Å²) in [6.07, 6.45) is -0.657. The van der Waals surface area contributed by atoms with Gasteiger partial charge in [-0.3, -0.25) is 4.79 Å². The lowest BCUT2D eigenvalue weighted by Gasteiger charge is -2.38. The average molecular weight is 438 g/mol. The Balaban J connectivity index is 1.25. The number of amides is 2. The number of ether oxygens (including phenoxy) is 1. The van der Waals surface area contributed by atoms with Crippen molar-refractivity contribution in [3.05, 3.63) is 59.7 Å². The van der Waals surface area contributed by atoms with E-state index in [1.807, 2.05) is 48.5 Å². The van der Waals surface area contributed by atoms with Crippen molar-refractivity contribution in [1.29, 1.82) is 0 Å². The first kappa shape index (κ1) is 21.8. The molecule has 0 saturated heterocycles. The fourth-order valence-electron chi connectivity index (χ4n) is 4.38. The van der Waals surface area contributed by atoms with Crippen LogP contribution in [0, 0.1) is 0 Å². The molecule has 8 nitrogen and oxygen atoms in total. The van der Waals surface area contributed by atoms with E-state index in [0.29, 0.717) is 12.8 Å². The molecule has 32 heavy (non-hydrogen) atoms. The SMILES string of the molecule is O=C(CC(O)CNC(=O)OCC1c2ccccc2-c2ccccc21)NC1(C(=O)O)CCC1. The lowest BCUT2D eigenvalue weighted by molar-refractivity contribution is -0.152. The topological polar surface area (TPSA) is 125 Å². The van der Waals surface area contributed by atoms with Gasteiger partial charge in [0, 0.05) is 12.5 Å². The van der Waals surface area contributed by atoms with Gasteiger partial charge in [-0.25, -0.2) is 9.59 Å². The number of nitrogens with one attached hydrogen (secondary N) is 2. The molecule has 1 fully saturated rings. The van der Waals surface area contributed by atoms with Gasteiger partial charge in [-0.15, -0.1) is 0 Å². The maximum absolute atomic E-state index is 12.2. The first-order chi connectivity index (χ1) is 15.4. The normalized spacial score (nSPS) is 16.8. The second-order valence-electron chi connectivity index (χ2n) is 8.35. The molecule has 0 aromatic heterocycles. The first-order valence-electron chi connectivity index (χ1n) is 10.7. The van der Waals surface area contributed by atoms with Crippen LogP contribution in [0.5, 0.6) is 0 Å². The Hall–Kier alpha value is -3.39. The molecular weight excluding hydrogens is 412 g/mol. The van der Waals surface area contributed by atoms with Gasteiger partial charge >= 0.3 is 12.1 Å². The lowest BCUT2D eigenvalue weighted by atomic mass is 9.76. The number of aliphatic carboxylic acids is 1. The van der Waals surface area contributed by atoms with Crippen LogP contribution in [0.4, 0.5) is 4.79 Å². The van der Waals surface area contributed by atoms with Crippen molar-refractivity contribution in [1.82, 2.24) is 10.6 Å². The smallest absolute Gasteiger partial charge is 0.407 e. The molecule has 2 aromatic rings. The van der Waals surface area contributed by atoms with Crippen LogP contribution in [0.3, 0.4) is 0 Å². The van der Waals surface area contributed by atoms with Crippen LogP contribution in [0.2, 0.25) is 0 Å². The Labute approximate surface area is 185 Å². The highest BCUT2D eigenvalue weighted by Gasteiger charge is 2.45. The van der Waals surface area contributed by atoms with Gasteiger partial charge in [0.05, 0.1) is 12.5 Å². The number of carbonyl (C=O) groups is 3. The summed E-state index contributed by atoms with van der Waals surface area (Å²) < 4.78 is 5.39. The number of benzene rings is 2. The van der Waals surface area contributed by atoms with Gasteiger partial charge in [0.1, 0.15) is 12.1 Å². The highest BCUT2D eigenvalue weighted by atomic mass is 16.5. The lowest BCUT2D eigenvalue weighted by Crippen LogP contribution is -2.59. The third kappa shape index (κ3) is 4.31. The van der Waals surface area contributed by atoms with Gasteiger partial charge in [0.2, 0.25) is 5.91 Å². The summed E-state index contributed by atoms with van der Waals surface area (Å²) in [5, 5.41) is 24.3. The van der Waals surface area contributed by atoms with Crippen molar-refractivity contribution in [2.45, 2.75) is 43.2 Å². The molecule has 168 valence electrons. The number of rotatable bonds is 8. The molecule has 1 unspecified atom stereocenters. The monoisotopic (exact) mass is 438 g/mol. The Bertz CT molecular complexity index is 987. The number of fused-ring (bicyclic) bond motifs is 3.